The Morgan fingerprint density at radius 2 is 1.67 bits per heavy atom. The highest BCUT2D eigenvalue weighted by Gasteiger charge is 2.31. The summed E-state index contributed by atoms with van der Waals surface area (Å²) in [7, 11) is 0. The Hall–Kier alpha value is -3.30. The Kier molecular flexibility index (Phi) is 13.4. The summed E-state index contributed by atoms with van der Waals surface area (Å²) in [6.07, 6.45) is 2.77. The quantitative estimate of drug-likeness (QED) is 0.259. The zero-order valence-electron chi connectivity index (χ0n) is 22.1. The van der Waals surface area contributed by atoms with Crippen LogP contribution in [-0.4, -0.2) is 65.7 Å². The zero-order chi connectivity index (χ0) is 27.1. The lowest BCUT2D eigenvalue weighted by Gasteiger charge is -2.32. The molecule has 0 aromatic heterocycles. The SMILES string of the molecule is CCCCCCN(C(=O)CNC(=O)OC(C)(C)C)C(C(=O)NCCC(=O)OCC)c1ccc(O)cc1. The van der Waals surface area contributed by atoms with E-state index in [2.05, 4.69) is 17.6 Å². The van der Waals surface area contributed by atoms with Crippen LogP contribution in [0.4, 0.5) is 4.79 Å². The Morgan fingerprint density at radius 3 is 2.25 bits per heavy atom. The molecule has 1 unspecified atom stereocenters. The molecule has 1 aromatic carbocycles. The van der Waals surface area contributed by atoms with E-state index in [9.17, 15) is 24.3 Å². The number of unbranched alkanes of at least 4 members (excludes halogenated alkanes) is 3. The summed E-state index contributed by atoms with van der Waals surface area (Å²) in [6.45, 7) is 9.14. The number of hydrogen-bond donors (Lipinski definition) is 3. The predicted octanol–water partition coefficient (Wildman–Crippen LogP) is 3.44. The molecule has 10 heteroatoms. The monoisotopic (exact) mass is 507 g/mol. The Balaban J connectivity index is 3.12. The van der Waals surface area contributed by atoms with Gasteiger partial charge >= 0.3 is 12.1 Å². The first kappa shape index (κ1) is 30.7. The summed E-state index contributed by atoms with van der Waals surface area (Å²) < 4.78 is 10.1. The van der Waals surface area contributed by atoms with E-state index in [0.717, 1.165) is 19.3 Å². The number of nitrogens with one attached hydrogen (secondary N) is 2. The van der Waals surface area contributed by atoms with Crippen molar-refractivity contribution < 1.29 is 33.8 Å². The number of hydrogen-bond acceptors (Lipinski definition) is 7. The Bertz CT molecular complexity index is 850. The molecule has 1 atom stereocenters. The van der Waals surface area contributed by atoms with Crippen LogP contribution in [0.3, 0.4) is 0 Å². The lowest BCUT2D eigenvalue weighted by Crippen LogP contribution is -2.48. The van der Waals surface area contributed by atoms with Gasteiger partial charge in [0, 0.05) is 13.1 Å². The molecule has 3 N–H and O–H groups in total. The van der Waals surface area contributed by atoms with Gasteiger partial charge in [0.15, 0.2) is 0 Å². The minimum atomic E-state index is -1.03. The second-order valence-corrected chi connectivity index (χ2v) is 9.34. The number of nitrogens with zero attached hydrogens (tertiary/aromatic N) is 1. The normalized spacial score (nSPS) is 11.8. The fourth-order valence-corrected chi connectivity index (χ4v) is 3.42. The topological polar surface area (TPSA) is 134 Å². The number of rotatable bonds is 14. The average molecular weight is 508 g/mol. The molecule has 0 bridgehead atoms. The van der Waals surface area contributed by atoms with Gasteiger partial charge in [0.1, 0.15) is 23.9 Å². The number of aromatic hydroxyl groups is 1. The van der Waals surface area contributed by atoms with Crippen molar-refractivity contribution >= 4 is 23.9 Å². The maximum absolute atomic E-state index is 13.3. The van der Waals surface area contributed by atoms with Gasteiger partial charge in [-0.15, -0.1) is 0 Å². The third-order valence-electron chi connectivity index (χ3n) is 5.06. The lowest BCUT2D eigenvalue weighted by atomic mass is 10.0. The van der Waals surface area contributed by atoms with Gasteiger partial charge in [-0.05, 0) is 51.8 Å². The van der Waals surface area contributed by atoms with Gasteiger partial charge in [-0.3, -0.25) is 14.4 Å². The number of esters is 1. The van der Waals surface area contributed by atoms with Crippen LogP contribution in [0.5, 0.6) is 5.75 Å². The van der Waals surface area contributed by atoms with Crippen molar-refractivity contribution in [2.75, 3.05) is 26.2 Å². The average Bonchev–Trinajstić information content (AvgIpc) is 2.79. The molecule has 0 fully saturated rings. The summed E-state index contributed by atoms with van der Waals surface area (Å²) in [4.78, 5) is 51.8. The number of benzene rings is 1. The van der Waals surface area contributed by atoms with Crippen molar-refractivity contribution in [2.24, 2.45) is 0 Å². The molecule has 1 rings (SSSR count). The van der Waals surface area contributed by atoms with Crippen LogP contribution in [0, 0.1) is 0 Å². The number of carbonyl (C=O) groups is 4. The molecule has 3 amide bonds. The van der Waals surface area contributed by atoms with E-state index >= 15 is 0 Å². The van der Waals surface area contributed by atoms with Crippen LogP contribution in [0.2, 0.25) is 0 Å². The van der Waals surface area contributed by atoms with Crippen LogP contribution in [0.25, 0.3) is 0 Å². The molecule has 0 saturated carbocycles. The molecule has 0 radical (unpaired) electrons. The number of ether oxygens (including phenoxy) is 2. The van der Waals surface area contributed by atoms with E-state index < -0.39 is 35.5 Å². The summed E-state index contributed by atoms with van der Waals surface area (Å²) in [5.41, 5.74) is -0.233. The summed E-state index contributed by atoms with van der Waals surface area (Å²) >= 11 is 0. The second kappa shape index (κ2) is 15.6. The molecule has 1 aromatic rings. The molecule has 0 aliphatic carbocycles. The highest BCUT2D eigenvalue weighted by molar-refractivity contribution is 5.90. The second-order valence-electron chi connectivity index (χ2n) is 9.34. The predicted molar refractivity (Wildman–Crippen MR) is 135 cm³/mol. The van der Waals surface area contributed by atoms with Gasteiger partial charge in [-0.1, -0.05) is 38.3 Å². The molecule has 0 aliphatic heterocycles. The van der Waals surface area contributed by atoms with Gasteiger partial charge in [-0.25, -0.2) is 4.79 Å². The van der Waals surface area contributed by atoms with Gasteiger partial charge in [-0.2, -0.15) is 0 Å². The highest BCUT2D eigenvalue weighted by atomic mass is 16.6. The van der Waals surface area contributed by atoms with Crippen LogP contribution >= 0.6 is 0 Å². The smallest absolute Gasteiger partial charge is 0.408 e. The molecule has 202 valence electrons. The number of carbonyl (C=O) groups excluding carboxylic acids is 4. The van der Waals surface area contributed by atoms with Crippen molar-refractivity contribution in [1.29, 1.82) is 0 Å². The van der Waals surface area contributed by atoms with E-state index in [1.807, 2.05) is 0 Å². The van der Waals surface area contributed by atoms with E-state index in [1.165, 1.54) is 17.0 Å². The maximum Gasteiger partial charge on any atom is 0.408 e. The van der Waals surface area contributed by atoms with Crippen molar-refractivity contribution in [3.8, 4) is 5.75 Å². The van der Waals surface area contributed by atoms with Gasteiger partial charge in [0.25, 0.3) is 0 Å². The van der Waals surface area contributed by atoms with E-state index in [0.29, 0.717) is 12.0 Å². The first-order valence-electron chi connectivity index (χ1n) is 12.5. The maximum atomic E-state index is 13.3. The van der Waals surface area contributed by atoms with Crippen LogP contribution in [0.15, 0.2) is 24.3 Å². The number of phenolic OH excluding ortho intramolecular Hbond substituents is 1. The number of phenols is 1. The van der Waals surface area contributed by atoms with E-state index in [-0.39, 0.29) is 38.4 Å². The van der Waals surface area contributed by atoms with Crippen molar-refractivity contribution in [1.82, 2.24) is 15.5 Å². The van der Waals surface area contributed by atoms with Crippen LogP contribution in [0.1, 0.15) is 78.3 Å². The van der Waals surface area contributed by atoms with Crippen LogP contribution in [-0.2, 0) is 23.9 Å². The van der Waals surface area contributed by atoms with Crippen molar-refractivity contribution in [2.45, 2.75) is 78.4 Å². The lowest BCUT2D eigenvalue weighted by molar-refractivity contribution is -0.143. The minimum absolute atomic E-state index is 0.00742. The molecular weight excluding hydrogens is 466 g/mol. The Labute approximate surface area is 213 Å². The summed E-state index contributed by atoms with van der Waals surface area (Å²) in [5, 5.41) is 14.9. The fraction of sp³-hybridized carbons (Fsp3) is 0.615. The third-order valence-corrected chi connectivity index (χ3v) is 5.06. The van der Waals surface area contributed by atoms with E-state index in [4.69, 9.17) is 9.47 Å². The van der Waals surface area contributed by atoms with Gasteiger partial charge in [0.2, 0.25) is 11.8 Å². The largest absolute Gasteiger partial charge is 0.508 e. The minimum Gasteiger partial charge on any atom is -0.508 e. The molecule has 0 aliphatic rings. The Morgan fingerprint density at radius 1 is 1.00 bits per heavy atom. The third kappa shape index (κ3) is 11.9. The zero-order valence-corrected chi connectivity index (χ0v) is 22.1. The van der Waals surface area contributed by atoms with Crippen molar-refractivity contribution in [3.05, 3.63) is 29.8 Å². The first-order chi connectivity index (χ1) is 17.0. The van der Waals surface area contributed by atoms with Crippen molar-refractivity contribution in [3.63, 3.8) is 0 Å². The van der Waals surface area contributed by atoms with Crippen LogP contribution < -0.4 is 10.6 Å². The summed E-state index contributed by atoms with van der Waals surface area (Å²) in [6, 6.07) is 4.99. The van der Waals surface area contributed by atoms with E-state index in [1.54, 1.807) is 39.8 Å². The summed E-state index contributed by atoms with van der Waals surface area (Å²) in [5.74, 6) is -1.36. The molecule has 0 saturated heterocycles. The molecule has 36 heavy (non-hydrogen) atoms. The molecule has 0 spiro atoms. The molecular formula is C26H41N3O7. The van der Waals surface area contributed by atoms with Gasteiger partial charge < -0.3 is 30.1 Å². The standard InChI is InChI=1S/C26H41N3O7/c1-6-8-9-10-17-29(21(31)18-28-25(34)36-26(3,4)5)23(19-11-13-20(30)14-12-19)24(33)27-16-15-22(32)35-7-2/h11-14,23,30H,6-10,15-18H2,1-5H3,(H,27,33)(H,28,34). The first-order valence-corrected chi connectivity index (χ1v) is 12.5. The fourth-order valence-electron chi connectivity index (χ4n) is 3.42. The molecule has 10 nitrogen and oxygen atoms in total. The molecule has 0 heterocycles. The highest BCUT2D eigenvalue weighted by Crippen LogP contribution is 2.24. The van der Waals surface area contributed by atoms with Gasteiger partial charge in [0.05, 0.1) is 13.0 Å². The number of amides is 3. The number of alkyl carbamates (subject to hydrolysis) is 1.